The fourth-order valence-corrected chi connectivity index (χ4v) is 4.09. The van der Waals surface area contributed by atoms with Crippen LogP contribution in [-0.4, -0.2) is 60.0 Å². The van der Waals surface area contributed by atoms with Crippen LogP contribution in [0, 0.1) is 5.92 Å². The number of aromatic amines is 1. The monoisotopic (exact) mass is 422 g/mol. The molecule has 31 heavy (non-hydrogen) atoms. The first-order chi connectivity index (χ1) is 15.1. The summed E-state index contributed by atoms with van der Waals surface area (Å²) in [5, 5.41) is 3.05. The third-order valence-corrected chi connectivity index (χ3v) is 6.01. The summed E-state index contributed by atoms with van der Waals surface area (Å²) in [6, 6.07) is 5.98. The van der Waals surface area contributed by atoms with Gasteiger partial charge in [-0.25, -0.2) is 4.98 Å². The Balaban J connectivity index is 1.61. The maximum absolute atomic E-state index is 12.9. The van der Waals surface area contributed by atoms with E-state index in [2.05, 4.69) is 20.2 Å². The molecule has 8 heteroatoms. The number of rotatable bonds is 8. The van der Waals surface area contributed by atoms with Gasteiger partial charge in [0, 0.05) is 63.3 Å². The number of pyridine rings is 2. The number of likely N-dealkylation sites (tertiary alicyclic amines) is 1. The molecule has 3 heterocycles. The van der Waals surface area contributed by atoms with Gasteiger partial charge in [-0.3, -0.25) is 9.59 Å². The van der Waals surface area contributed by atoms with Gasteiger partial charge in [-0.05, 0) is 48.9 Å². The Morgan fingerprint density at radius 1 is 1.35 bits per heavy atom. The quantitative estimate of drug-likeness (QED) is 0.560. The van der Waals surface area contributed by atoms with Gasteiger partial charge in [0.1, 0.15) is 11.5 Å². The summed E-state index contributed by atoms with van der Waals surface area (Å²) < 4.78 is 0. The highest BCUT2D eigenvalue weighted by Gasteiger charge is 2.34. The van der Waals surface area contributed by atoms with Crippen LogP contribution in [0.3, 0.4) is 0 Å². The molecule has 1 atom stereocenters. The first kappa shape index (κ1) is 21.1. The Morgan fingerprint density at radius 3 is 2.94 bits per heavy atom. The number of H-pyrrole nitrogens is 1. The van der Waals surface area contributed by atoms with Crippen LogP contribution in [0.1, 0.15) is 19.3 Å². The lowest BCUT2D eigenvalue weighted by Gasteiger charge is -2.31. The van der Waals surface area contributed by atoms with Crippen LogP contribution in [0.2, 0.25) is 0 Å². The van der Waals surface area contributed by atoms with E-state index >= 15 is 0 Å². The molecule has 0 bridgehead atoms. The second-order valence-corrected chi connectivity index (χ2v) is 8.24. The number of anilines is 2. The molecule has 1 saturated heterocycles. The lowest BCUT2D eigenvalue weighted by molar-refractivity contribution is -0.125. The summed E-state index contributed by atoms with van der Waals surface area (Å²) in [5.74, 6) is 1.37. The molecule has 1 saturated carbocycles. The molecule has 2 aliphatic rings. The molecule has 4 N–H and O–H groups in total. The minimum atomic E-state index is -0.0971. The van der Waals surface area contributed by atoms with Crippen LogP contribution in [0.15, 0.2) is 47.5 Å². The van der Waals surface area contributed by atoms with Crippen LogP contribution in [0.4, 0.5) is 11.5 Å². The molecular weight excluding hydrogens is 392 g/mol. The minimum Gasteiger partial charge on any atom is -0.373 e. The summed E-state index contributed by atoms with van der Waals surface area (Å²) in [6.45, 7) is 2.50. The van der Waals surface area contributed by atoms with Crippen LogP contribution in [-0.2, 0) is 4.79 Å². The van der Waals surface area contributed by atoms with Gasteiger partial charge in [0.05, 0.1) is 0 Å². The zero-order valence-electron chi connectivity index (χ0n) is 17.9. The van der Waals surface area contributed by atoms with Crippen molar-refractivity contribution in [3.8, 4) is 11.1 Å². The van der Waals surface area contributed by atoms with Crippen molar-refractivity contribution in [1.82, 2.24) is 14.9 Å². The lowest BCUT2D eigenvalue weighted by Crippen LogP contribution is -2.42. The molecule has 8 nitrogen and oxygen atoms in total. The van der Waals surface area contributed by atoms with Gasteiger partial charge in [0.15, 0.2) is 0 Å². The molecule has 1 amide bonds. The molecule has 164 valence electrons. The summed E-state index contributed by atoms with van der Waals surface area (Å²) in [7, 11) is 1.83. The highest BCUT2D eigenvalue weighted by Crippen LogP contribution is 2.34. The molecular formula is C23H30N6O2. The Bertz CT molecular complexity index is 1010. The molecule has 1 aliphatic heterocycles. The zero-order valence-corrected chi connectivity index (χ0v) is 17.9. The average molecular weight is 423 g/mol. The highest BCUT2D eigenvalue weighted by atomic mass is 16.2. The third-order valence-electron chi connectivity index (χ3n) is 6.01. The van der Waals surface area contributed by atoms with Gasteiger partial charge in [-0.2, -0.15) is 0 Å². The maximum atomic E-state index is 12.9. The van der Waals surface area contributed by atoms with E-state index in [1.807, 2.05) is 30.1 Å². The number of carbonyl (C=O) groups is 1. The molecule has 0 spiro atoms. The number of hydrogen-bond acceptors (Lipinski definition) is 6. The average Bonchev–Trinajstić information content (AvgIpc) is 3.49. The number of nitrogens with two attached hydrogens (primary N) is 1. The number of carbonyl (C=O) groups excluding carboxylic acids is 1. The Kier molecular flexibility index (Phi) is 6.36. The van der Waals surface area contributed by atoms with E-state index in [1.165, 1.54) is 12.8 Å². The van der Waals surface area contributed by atoms with Gasteiger partial charge < -0.3 is 25.8 Å². The standard InChI is InChI=1S/C23H30N6O2/c1-25-21-12-17(6-9-26-21)18-11-20(23(31)27-13-18)29(14-16-4-5-16)19-7-10-28(15-19)22(30)3-2-8-24/h2-3,6,9,11-13,16,19H,4-5,7-8,10,14-15,24H2,1H3,(H,25,26)(H,27,31). The van der Waals surface area contributed by atoms with E-state index in [4.69, 9.17) is 5.73 Å². The van der Waals surface area contributed by atoms with Crippen molar-refractivity contribution in [1.29, 1.82) is 0 Å². The normalized spacial score (nSPS) is 18.5. The summed E-state index contributed by atoms with van der Waals surface area (Å²) in [5.41, 5.74) is 7.97. The highest BCUT2D eigenvalue weighted by molar-refractivity contribution is 5.88. The number of amides is 1. The first-order valence-corrected chi connectivity index (χ1v) is 10.9. The summed E-state index contributed by atoms with van der Waals surface area (Å²) >= 11 is 0. The second kappa shape index (κ2) is 9.34. The summed E-state index contributed by atoms with van der Waals surface area (Å²) in [6.07, 6.45) is 9.96. The van der Waals surface area contributed by atoms with E-state index in [0.29, 0.717) is 31.2 Å². The van der Waals surface area contributed by atoms with Crippen LogP contribution < -0.4 is 21.5 Å². The molecule has 1 aliphatic carbocycles. The smallest absolute Gasteiger partial charge is 0.271 e. The van der Waals surface area contributed by atoms with E-state index in [1.54, 1.807) is 24.5 Å². The van der Waals surface area contributed by atoms with Crippen LogP contribution in [0.25, 0.3) is 11.1 Å². The van der Waals surface area contributed by atoms with Gasteiger partial charge in [-0.1, -0.05) is 6.08 Å². The number of nitrogens with zero attached hydrogens (tertiary/aromatic N) is 3. The molecule has 0 radical (unpaired) electrons. The third kappa shape index (κ3) is 4.96. The lowest BCUT2D eigenvalue weighted by atomic mass is 10.1. The van der Waals surface area contributed by atoms with E-state index < -0.39 is 0 Å². The first-order valence-electron chi connectivity index (χ1n) is 10.9. The molecule has 2 aromatic rings. The number of aromatic nitrogens is 2. The van der Waals surface area contributed by atoms with Crippen molar-refractivity contribution in [3.63, 3.8) is 0 Å². The Labute approximate surface area is 182 Å². The van der Waals surface area contributed by atoms with Gasteiger partial charge in [0.2, 0.25) is 5.91 Å². The Morgan fingerprint density at radius 2 is 2.19 bits per heavy atom. The second-order valence-electron chi connectivity index (χ2n) is 8.24. The minimum absolute atomic E-state index is 0.0154. The predicted molar refractivity (Wildman–Crippen MR) is 123 cm³/mol. The van der Waals surface area contributed by atoms with Crippen molar-refractivity contribution >= 4 is 17.4 Å². The molecule has 1 unspecified atom stereocenters. The van der Waals surface area contributed by atoms with Crippen LogP contribution >= 0.6 is 0 Å². The van der Waals surface area contributed by atoms with Crippen molar-refractivity contribution in [2.45, 2.75) is 25.3 Å². The fourth-order valence-electron chi connectivity index (χ4n) is 4.09. The molecule has 0 aromatic carbocycles. The molecule has 2 fully saturated rings. The van der Waals surface area contributed by atoms with Crippen molar-refractivity contribution in [3.05, 3.63) is 53.1 Å². The summed E-state index contributed by atoms with van der Waals surface area (Å²) in [4.78, 5) is 36.5. The zero-order chi connectivity index (χ0) is 21.8. The van der Waals surface area contributed by atoms with E-state index in [9.17, 15) is 9.59 Å². The van der Waals surface area contributed by atoms with E-state index in [-0.39, 0.29) is 17.5 Å². The maximum Gasteiger partial charge on any atom is 0.271 e. The van der Waals surface area contributed by atoms with Crippen molar-refractivity contribution in [2.75, 3.05) is 43.4 Å². The SMILES string of the molecule is CNc1cc(-c2c[nH]c(=O)c(N(CC3CC3)C3CCN(C(=O)C=CCN)C3)c2)ccn1. The van der Waals surface area contributed by atoms with Crippen molar-refractivity contribution < 1.29 is 4.79 Å². The largest absolute Gasteiger partial charge is 0.373 e. The topological polar surface area (TPSA) is 107 Å². The van der Waals surface area contributed by atoms with Gasteiger partial charge in [0.25, 0.3) is 5.56 Å². The van der Waals surface area contributed by atoms with Crippen LogP contribution in [0.5, 0.6) is 0 Å². The predicted octanol–water partition coefficient (Wildman–Crippen LogP) is 1.81. The fraction of sp³-hybridized carbons (Fsp3) is 0.435. The molecule has 2 aromatic heterocycles. The number of hydrogen-bond donors (Lipinski definition) is 3. The number of nitrogens with one attached hydrogen (secondary N) is 2. The molecule has 4 rings (SSSR count). The van der Waals surface area contributed by atoms with Crippen molar-refractivity contribution in [2.24, 2.45) is 11.7 Å². The van der Waals surface area contributed by atoms with E-state index in [0.717, 1.165) is 29.9 Å². The van der Waals surface area contributed by atoms with Gasteiger partial charge in [-0.15, -0.1) is 0 Å². The van der Waals surface area contributed by atoms with Gasteiger partial charge >= 0.3 is 0 Å². The Hall–Kier alpha value is -3.13.